The SMILES string of the molecule is O[C@H](CN1CCC2(CC1)C[C@H](O)c1ccc3ccccc3c1O2)c1ccc2c(c1)OCCO2. The second-order valence-corrected chi connectivity index (χ2v) is 9.43. The smallest absolute Gasteiger partial charge is 0.161 e. The van der Waals surface area contributed by atoms with Gasteiger partial charge in [-0.25, -0.2) is 0 Å². The van der Waals surface area contributed by atoms with Gasteiger partial charge in [0.15, 0.2) is 11.5 Å². The summed E-state index contributed by atoms with van der Waals surface area (Å²) in [6, 6.07) is 17.9. The highest BCUT2D eigenvalue weighted by Gasteiger charge is 2.43. The van der Waals surface area contributed by atoms with E-state index >= 15 is 0 Å². The molecule has 2 atom stereocenters. The van der Waals surface area contributed by atoms with Gasteiger partial charge in [-0.15, -0.1) is 0 Å². The summed E-state index contributed by atoms with van der Waals surface area (Å²) in [6.45, 7) is 3.27. The predicted molar refractivity (Wildman–Crippen MR) is 125 cm³/mol. The van der Waals surface area contributed by atoms with Crippen LogP contribution in [0.3, 0.4) is 0 Å². The Balaban J connectivity index is 1.15. The zero-order valence-electron chi connectivity index (χ0n) is 18.6. The molecule has 1 saturated heterocycles. The van der Waals surface area contributed by atoms with Gasteiger partial charge in [0.25, 0.3) is 0 Å². The number of piperidine rings is 1. The first-order valence-electron chi connectivity index (χ1n) is 11.8. The van der Waals surface area contributed by atoms with Crippen LogP contribution >= 0.6 is 0 Å². The number of benzene rings is 3. The minimum absolute atomic E-state index is 0.366. The minimum Gasteiger partial charge on any atom is -0.486 e. The van der Waals surface area contributed by atoms with Gasteiger partial charge in [0, 0.05) is 37.0 Å². The molecule has 1 spiro atoms. The molecule has 172 valence electrons. The van der Waals surface area contributed by atoms with Crippen molar-refractivity contribution in [3.05, 3.63) is 65.7 Å². The van der Waals surface area contributed by atoms with E-state index in [-0.39, 0.29) is 5.60 Å². The summed E-state index contributed by atoms with van der Waals surface area (Å²) in [7, 11) is 0. The summed E-state index contributed by atoms with van der Waals surface area (Å²) in [5.74, 6) is 2.26. The Morgan fingerprint density at radius 2 is 1.76 bits per heavy atom. The molecule has 3 aliphatic rings. The summed E-state index contributed by atoms with van der Waals surface area (Å²) >= 11 is 0. The van der Waals surface area contributed by atoms with Gasteiger partial charge in [0.05, 0.1) is 12.2 Å². The monoisotopic (exact) mass is 447 g/mol. The first kappa shape index (κ1) is 20.8. The zero-order chi connectivity index (χ0) is 22.4. The molecule has 6 heteroatoms. The van der Waals surface area contributed by atoms with Crippen molar-refractivity contribution in [2.24, 2.45) is 0 Å². The second-order valence-electron chi connectivity index (χ2n) is 9.43. The fourth-order valence-electron chi connectivity index (χ4n) is 5.42. The molecule has 0 aliphatic carbocycles. The quantitative estimate of drug-likeness (QED) is 0.633. The van der Waals surface area contributed by atoms with E-state index in [9.17, 15) is 10.2 Å². The van der Waals surface area contributed by atoms with Gasteiger partial charge in [0.1, 0.15) is 24.6 Å². The topological polar surface area (TPSA) is 71.4 Å². The molecule has 3 aromatic carbocycles. The molecule has 2 N–H and O–H groups in total. The van der Waals surface area contributed by atoms with Crippen LogP contribution in [0, 0.1) is 0 Å². The highest BCUT2D eigenvalue weighted by atomic mass is 16.6. The highest BCUT2D eigenvalue weighted by Crippen LogP contribution is 2.47. The van der Waals surface area contributed by atoms with Crippen molar-refractivity contribution < 1.29 is 24.4 Å². The maximum absolute atomic E-state index is 10.9. The first-order valence-corrected chi connectivity index (χ1v) is 11.8. The van der Waals surface area contributed by atoms with Crippen molar-refractivity contribution in [2.45, 2.75) is 37.1 Å². The largest absolute Gasteiger partial charge is 0.486 e. The van der Waals surface area contributed by atoms with E-state index in [4.69, 9.17) is 14.2 Å². The predicted octanol–water partition coefficient (Wildman–Crippen LogP) is 4.00. The molecule has 0 amide bonds. The Kier molecular flexibility index (Phi) is 5.17. The van der Waals surface area contributed by atoms with E-state index in [1.807, 2.05) is 36.4 Å². The molecule has 3 heterocycles. The third-order valence-corrected chi connectivity index (χ3v) is 7.30. The number of nitrogens with zero attached hydrogens (tertiary/aromatic N) is 1. The number of rotatable bonds is 3. The van der Waals surface area contributed by atoms with Gasteiger partial charge in [-0.2, -0.15) is 0 Å². The van der Waals surface area contributed by atoms with E-state index in [2.05, 4.69) is 23.1 Å². The number of hydrogen-bond donors (Lipinski definition) is 2. The van der Waals surface area contributed by atoms with Crippen LogP contribution < -0.4 is 14.2 Å². The number of likely N-dealkylation sites (tertiary alicyclic amines) is 1. The molecule has 6 rings (SSSR count). The van der Waals surface area contributed by atoms with E-state index < -0.39 is 12.2 Å². The molecular formula is C27H29NO5. The number of ether oxygens (including phenoxy) is 3. The zero-order valence-corrected chi connectivity index (χ0v) is 18.6. The normalized spacial score (nSPS) is 22.5. The Morgan fingerprint density at radius 3 is 2.61 bits per heavy atom. The second kappa shape index (κ2) is 8.20. The van der Waals surface area contributed by atoms with E-state index in [1.54, 1.807) is 0 Å². The lowest BCUT2D eigenvalue weighted by Gasteiger charge is -2.46. The molecule has 3 aliphatic heterocycles. The van der Waals surface area contributed by atoms with Crippen molar-refractivity contribution in [3.63, 3.8) is 0 Å². The van der Waals surface area contributed by atoms with Gasteiger partial charge in [-0.1, -0.05) is 42.5 Å². The van der Waals surface area contributed by atoms with Crippen molar-refractivity contribution in [1.82, 2.24) is 4.90 Å². The average molecular weight is 448 g/mol. The molecule has 33 heavy (non-hydrogen) atoms. The highest BCUT2D eigenvalue weighted by molar-refractivity contribution is 5.90. The third-order valence-electron chi connectivity index (χ3n) is 7.30. The standard InChI is InChI=1S/C27H29NO5/c29-22-16-27(33-26-20-4-2-1-3-18(20)5-7-21(22)26)9-11-28(12-10-27)17-23(30)19-6-8-24-25(15-19)32-14-13-31-24/h1-8,15,22-23,29-30H,9-14,16-17H2/t22-,23+/m0/s1. The number of β-amino-alcohol motifs (C(OH)–C–C–N with tert-alkyl or cyclic N) is 1. The molecule has 0 radical (unpaired) electrons. The number of hydrogen-bond acceptors (Lipinski definition) is 6. The van der Waals surface area contributed by atoms with Gasteiger partial charge >= 0.3 is 0 Å². The van der Waals surface area contributed by atoms with Crippen LogP contribution in [-0.2, 0) is 0 Å². The minimum atomic E-state index is -0.600. The summed E-state index contributed by atoms with van der Waals surface area (Å²) in [6.07, 6.45) is 1.13. The molecule has 6 nitrogen and oxygen atoms in total. The molecule has 1 fully saturated rings. The van der Waals surface area contributed by atoms with Crippen LogP contribution in [0.4, 0.5) is 0 Å². The van der Waals surface area contributed by atoms with Gasteiger partial charge < -0.3 is 29.3 Å². The van der Waals surface area contributed by atoms with Crippen LogP contribution in [0.15, 0.2) is 54.6 Å². The lowest BCUT2D eigenvalue weighted by Crippen LogP contribution is -2.51. The van der Waals surface area contributed by atoms with Crippen LogP contribution in [0.1, 0.15) is 42.6 Å². The lowest BCUT2D eigenvalue weighted by atomic mass is 9.81. The van der Waals surface area contributed by atoms with Crippen molar-refractivity contribution in [1.29, 1.82) is 0 Å². The fourth-order valence-corrected chi connectivity index (χ4v) is 5.42. The third kappa shape index (κ3) is 3.82. The van der Waals surface area contributed by atoms with E-state index in [1.165, 1.54) is 0 Å². The van der Waals surface area contributed by atoms with Crippen LogP contribution in [-0.4, -0.2) is 53.6 Å². The fraction of sp³-hybridized carbons (Fsp3) is 0.407. The summed E-state index contributed by atoms with van der Waals surface area (Å²) in [5.41, 5.74) is 1.36. The Labute approximate surface area is 193 Å². The summed E-state index contributed by atoms with van der Waals surface area (Å²) in [5, 5.41) is 24.0. The van der Waals surface area contributed by atoms with Gasteiger partial charge in [-0.05, 0) is 35.9 Å². The maximum Gasteiger partial charge on any atom is 0.161 e. The van der Waals surface area contributed by atoms with E-state index in [0.717, 1.165) is 59.3 Å². The van der Waals surface area contributed by atoms with Crippen molar-refractivity contribution >= 4 is 10.8 Å². The van der Waals surface area contributed by atoms with E-state index in [0.29, 0.717) is 31.9 Å². The molecular weight excluding hydrogens is 418 g/mol. The Bertz CT molecular complexity index is 1170. The molecule has 3 aromatic rings. The first-order chi connectivity index (χ1) is 16.1. The maximum atomic E-state index is 10.9. The van der Waals surface area contributed by atoms with Gasteiger partial charge in [0.2, 0.25) is 0 Å². The van der Waals surface area contributed by atoms with Crippen LogP contribution in [0.25, 0.3) is 10.8 Å². The number of aliphatic hydroxyl groups excluding tert-OH is 2. The average Bonchev–Trinajstić information content (AvgIpc) is 2.85. The van der Waals surface area contributed by atoms with Crippen molar-refractivity contribution in [3.8, 4) is 17.2 Å². The van der Waals surface area contributed by atoms with Crippen LogP contribution in [0.5, 0.6) is 17.2 Å². The van der Waals surface area contributed by atoms with Crippen LogP contribution in [0.2, 0.25) is 0 Å². The molecule has 0 bridgehead atoms. The molecule has 0 unspecified atom stereocenters. The molecule has 0 saturated carbocycles. The number of aliphatic hydroxyl groups is 2. The Hall–Kier alpha value is -2.80. The number of fused-ring (bicyclic) bond motifs is 4. The summed E-state index contributed by atoms with van der Waals surface area (Å²) in [4.78, 5) is 2.28. The Morgan fingerprint density at radius 1 is 0.970 bits per heavy atom. The van der Waals surface area contributed by atoms with Gasteiger partial charge in [-0.3, -0.25) is 0 Å². The lowest BCUT2D eigenvalue weighted by molar-refractivity contribution is -0.0577. The van der Waals surface area contributed by atoms with Crippen molar-refractivity contribution in [2.75, 3.05) is 32.8 Å². The summed E-state index contributed by atoms with van der Waals surface area (Å²) < 4.78 is 17.9. The molecule has 0 aromatic heterocycles.